The zero-order chi connectivity index (χ0) is 22.8. The predicted molar refractivity (Wildman–Crippen MR) is 121 cm³/mol. The van der Waals surface area contributed by atoms with Gasteiger partial charge in [0.2, 0.25) is 0 Å². The summed E-state index contributed by atoms with van der Waals surface area (Å²) in [4.78, 5) is 27.6. The van der Waals surface area contributed by atoms with E-state index in [4.69, 9.17) is 0 Å². The summed E-state index contributed by atoms with van der Waals surface area (Å²) in [7, 11) is 0. The Labute approximate surface area is 186 Å². The van der Waals surface area contributed by atoms with Crippen molar-refractivity contribution in [3.63, 3.8) is 0 Å². The van der Waals surface area contributed by atoms with Gasteiger partial charge < -0.3 is 10.0 Å². The summed E-state index contributed by atoms with van der Waals surface area (Å²) in [5.41, 5.74) is 3.03. The van der Waals surface area contributed by atoms with Crippen LogP contribution in [-0.4, -0.2) is 21.7 Å². The number of nitrogens with zero attached hydrogens (tertiary/aromatic N) is 1. The van der Waals surface area contributed by atoms with Gasteiger partial charge in [-0.25, -0.2) is 4.39 Å². The number of amides is 1. The number of hydrogen-bond acceptors (Lipinski definition) is 3. The maximum atomic E-state index is 13.4. The Morgan fingerprint density at radius 2 is 1.56 bits per heavy atom. The van der Waals surface area contributed by atoms with Gasteiger partial charge in [0, 0.05) is 12.1 Å². The number of aliphatic hydroxyl groups is 1. The second kappa shape index (κ2) is 8.79. The van der Waals surface area contributed by atoms with Crippen LogP contribution in [0.1, 0.15) is 48.1 Å². The molecule has 0 aromatic heterocycles. The van der Waals surface area contributed by atoms with Crippen molar-refractivity contribution in [2.45, 2.75) is 32.4 Å². The molecule has 162 valence electrons. The van der Waals surface area contributed by atoms with Crippen LogP contribution >= 0.6 is 0 Å². The number of carbonyl (C=O) groups is 2. The summed E-state index contributed by atoms with van der Waals surface area (Å²) < 4.78 is 13.4. The fourth-order valence-electron chi connectivity index (χ4n) is 4.00. The fourth-order valence-corrected chi connectivity index (χ4v) is 4.00. The number of ketones is 1. The second-order valence-electron chi connectivity index (χ2n) is 8.24. The van der Waals surface area contributed by atoms with Crippen LogP contribution < -0.4 is 0 Å². The van der Waals surface area contributed by atoms with Gasteiger partial charge in [0.25, 0.3) is 11.7 Å². The normalized spacial score (nSPS) is 17.9. The summed E-state index contributed by atoms with van der Waals surface area (Å²) >= 11 is 0. The zero-order valence-corrected chi connectivity index (χ0v) is 18.0. The summed E-state index contributed by atoms with van der Waals surface area (Å²) in [6, 6.07) is 21.6. The lowest BCUT2D eigenvalue weighted by Crippen LogP contribution is -2.29. The topological polar surface area (TPSA) is 57.6 Å². The number of aliphatic hydroxyl groups excluding tert-OH is 1. The standard InChI is InChI=1S/C27H24FNO3/c1-17(2)19-8-10-20(11-9-19)24-23(25(30)21-12-14-22(28)15-13-21)26(31)27(32)29(24)16-18-6-4-3-5-7-18/h3-15,17,24,30H,16H2,1-2H3/b25-23+. The molecule has 3 aromatic carbocycles. The molecular weight excluding hydrogens is 405 g/mol. The van der Waals surface area contributed by atoms with Gasteiger partial charge in [-0.15, -0.1) is 0 Å². The molecule has 1 atom stereocenters. The minimum absolute atomic E-state index is 0.00911. The first kappa shape index (κ1) is 21.5. The largest absolute Gasteiger partial charge is 0.507 e. The van der Waals surface area contributed by atoms with Gasteiger partial charge in [0.1, 0.15) is 11.6 Å². The first-order valence-corrected chi connectivity index (χ1v) is 10.5. The molecule has 0 spiro atoms. The number of benzene rings is 3. The van der Waals surface area contributed by atoms with E-state index < -0.39 is 23.5 Å². The van der Waals surface area contributed by atoms with E-state index in [9.17, 15) is 19.1 Å². The number of Topliss-reactive ketones (excluding diaryl/α,β-unsaturated/α-hetero) is 1. The minimum atomic E-state index is -0.749. The molecule has 0 saturated carbocycles. The van der Waals surface area contributed by atoms with Crippen LogP contribution in [0.5, 0.6) is 0 Å². The molecule has 1 heterocycles. The molecule has 1 unspecified atom stereocenters. The smallest absolute Gasteiger partial charge is 0.295 e. The number of likely N-dealkylation sites (tertiary alicyclic amines) is 1. The molecule has 1 fully saturated rings. The molecule has 32 heavy (non-hydrogen) atoms. The van der Waals surface area contributed by atoms with Crippen molar-refractivity contribution in [3.05, 3.63) is 113 Å². The van der Waals surface area contributed by atoms with Crippen LogP contribution in [0.4, 0.5) is 4.39 Å². The molecule has 0 aliphatic carbocycles. The quantitative estimate of drug-likeness (QED) is 0.328. The third kappa shape index (κ3) is 4.06. The average Bonchev–Trinajstić information content (AvgIpc) is 3.05. The molecule has 5 heteroatoms. The number of halogens is 1. The number of hydrogen-bond donors (Lipinski definition) is 1. The molecule has 1 amide bonds. The molecule has 1 aliphatic heterocycles. The van der Waals surface area contributed by atoms with E-state index in [1.807, 2.05) is 54.6 Å². The Hall–Kier alpha value is -3.73. The Kier molecular flexibility index (Phi) is 5.91. The maximum absolute atomic E-state index is 13.4. The van der Waals surface area contributed by atoms with Gasteiger partial charge in [0.05, 0.1) is 11.6 Å². The maximum Gasteiger partial charge on any atom is 0.295 e. The molecule has 0 radical (unpaired) electrons. The van der Waals surface area contributed by atoms with E-state index in [1.54, 1.807) is 0 Å². The van der Waals surface area contributed by atoms with E-state index in [0.29, 0.717) is 5.92 Å². The van der Waals surface area contributed by atoms with E-state index in [2.05, 4.69) is 13.8 Å². The van der Waals surface area contributed by atoms with Crippen molar-refractivity contribution >= 4 is 17.4 Å². The number of carbonyl (C=O) groups excluding carboxylic acids is 2. The Bertz CT molecular complexity index is 1170. The first-order valence-electron chi connectivity index (χ1n) is 10.5. The first-order chi connectivity index (χ1) is 15.4. The van der Waals surface area contributed by atoms with Crippen molar-refractivity contribution in [3.8, 4) is 0 Å². The van der Waals surface area contributed by atoms with Crippen LogP contribution in [-0.2, 0) is 16.1 Å². The molecule has 0 bridgehead atoms. The lowest BCUT2D eigenvalue weighted by atomic mass is 9.93. The molecule has 4 rings (SSSR count). The van der Waals surface area contributed by atoms with E-state index >= 15 is 0 Å². The molecule has 1 N–H and O–H groups in total. The van der Waals surface area contributed by atoms with Gasteiger partial charge in [-0.2, -0.15) is 0 Å². The summed E-state index contributed by atoms with van der Waals surface area (Å²) in [6.45, 7) is 4.40. The van der Waals surface area contributed by atoms with E-state index in [0.717, 1.165) is 16.7 Å². The Morgan fingerprint density at radius 3 is 2.16 bits per heavy atom. The van der Waals surface area contributed by atoms with Crippen molar-refractivity contribution in [1.82, 2.24) is 4.90 Å². The van der Waals surface area contributed by atoms with Crippen molar-refractivity contribution in [2.24, 2.45) is 0 Å². The lowest BCUT2D eigenvalue weighted by Gasteiger charge is -2.26. The van der Waals surface area contributed by atoms with Crippen molar-refractivity contribution < 1.29 is 19.1 Å². The van der Waals surface area contributed by atoms with Gasteiger partial charge >= 0.3 is 0 Å². The fraction of sp³-hybridized carbons (Fsp3) is 0.185. The van der Waals surface area contributed by atoms with Crippen molar-refractivity contribution in [1.29, 1.82) is 0 Å². The Morgan fingerprint density at radius 1 is 0.938 bits per heavy atom. The number of rotatable bonds is 5. The summed E-state index contributed by atoms with van der Waals surface area (Å²) in [5, 5.41) is 11.0. The summed E-state index contributed by atoms with van der Waals surface area (Å²) in [6.07, 6.45) is 0. The highest BCUT2D eigenvalue weighted by atomic mass is 19.1. The third-order valence-corrected chi connectivity index (χ3v) is 5.77. The van der Waals surface area contributed by atoms with Gasteiger partial charge in [-0.05, 0) is 46.9 Å². The van der Waals surface area contributed by atoms with Gasteiger partial charge in [-0.3, -0.25) is 9.59 Å². The molecular formula is C27H24FNO3. The third-order valence-electron chi connectivity index (χ3n) is 5.77. The van der Waals surface area contributed by atoms with Crippen LogP contribution in [0, 0.1) is 5.82 Å². The van der Waals surface area contributed by atoms with Crippen LogP contribution in [0.15, 0.2) is 84.4 Å². The van der Waals surface area contributed by atoms with Crippen LogP contribution in [0.2, 0.25) is 0 Å². The lowest BCUT2D eigenvalue weighted by molar-refractivity contribution is -0.140. The average molecular weight is 429 g/mol. The highest BCUT2D eigenvalue weighted by molar-refractivity contribution is 6.46. The highest BCUT2D eigenvalue weighted by Crippen LogP contribution is 2.40. The molecule has 1 saturated heterocycles. The van der Waals surface area contributed by atoms with Gasteiger partial charge in [0.15, 0.2) is 0 Å². The van der Waals surface area contributed by atoms with Gasteiger partial charge in [-0.1, -0.05) is 68.4 Å². The summed E-state index contributed by atoms with van der Waals surface area (Å²) in [5.74, 6) is -1.85. The highest BCUT2D eigenvalue weighted by Gasteiger charge is 2.46. The van der Waals surface area contributed by atoms with Crippen molar-refractivity contribution in [2.75, 3.05) is 0 Å². The monoisotopic (exact) mass is 429 g/mol. The molecule has 1 aliphatic rings. The SMILES string of the molecule is CC(C)c1ccc(C2/C(=C(\O)c3ccc(F)cc3)C(=O)C(=O)N2Cc2ccccc2)cc1. The predicted octanol–water partition coefficient (Wildman–Crippen LogP) is 5.57. The molecule has 4 nitrogen and oxygen atoms in total. The van der Waals surface area contributed by atoms with Crippen LogP contribution in [0.25, 0.3) is 5.76 Å². The minimum Gasteiger partial charge on any atom is -0.507 e. The second-order valence-corrected chi connectivity index (χ2v) is 8.24. The Balaban J connectivity index is 1.84. The van der Waals surface area contributed by atoms with E-state index in [1.165, 1.54) is 29.2 Å². The van der Waals surface area contributed by atoms with Crippen LogP contribution in [0.3, 0.4) is 0 Å². The van der Waals surface area contributed by atoms with E-state index in [-0.39, 0.29) is 23.4 Å². The zero-order valence-electron chi connectivity index (χ0n) is 18.0. The molecule has 3 aromatic rings.